The van der Waals surface area contributed by atoms with Gasteiger partial charge in [0, 0.05) is 26.7 Å². The van der Waals surface area contributed by atoms with E-state index in [1.54, 1.807) is 0 Å². The van der Waals surface area contributed by atoms with Gasteiger partial charge in [-0.3, -0.25) is 24.0 Å². The summed E-state index contributed by atoms with van der Waals surface area (Å²) in [6, 6.07) is 0. The van der Waals surface area contributed by atoms with E-state index in [2.05, 4.69) is 41.5 Å². The fourth-order valence-corrected chi connectivity index (χ4v) is 13.4. The van der Waals surface area contributed by atoms with Crippen LogP contribution < -0.4 is 0 Å². The van der Waals surface area contributed by atoms with E-state index in [-0.39, 0.29) is 45.8 Å². The number of allylic oxidation sites excluding steroid dienone is 2. The second-order valence-corrected chi connectivity index (χ2v) is 22.9. The number of carbonyl (C=O) groups is 6. The van der Waals surface area contributed by atoms with Crippen molar-refractivity contribution in [3.05, 3.63) is 11.6 Å². The fraction of sp³-hybridized carbons (Fsp3) is 0.822. The first kappa shape index (κ1) is 48.0. The maximum Gasteiger partial charge on any atom is 0.359 e. The number of esters is 5. The monoisotopic (exact) mass is 916 g/mol. The Kier molecular flexibility index (Phi) is 13.0. The van der Waals surface area contributed by atoms with Crippen LogP contribution in [-0.4, -0.2) is 89.9 Å². The molecule has 4 saturated carbocycles. The summed E-state index contributed by atoms with van der Waals surface area (Å²) in [5, 5.41) is 0. The summed E-state index contributed by atoms with van der Waals surface area (Å²) in [6.45, 7) is 18.5. The van der Waals surface area contributed by atoms with Crippen LogP contribution in [0.5, 0.6) is 0 Å². The predicted molar refractivity (Wildman–Crippen MR) is 223 cm³/mol. The van der Waals surface area contributed by atoms with Gasteiger partial charge in [-0.2, -0.15) is 0 Å². The lowest BCUT2D eigenvalue weighted by Crippen LogP contribution is -2.68. The molecule has 4 unspecified atom stereocenters. The average Bonchev–Trinajstić information content (AvgIpc) is 3.14. The number of ketones is 1. The smallest absolute Gasteiger partial charge is 0.359 e. The van der Waals surface area contributed by atoms with Gasteiger partial charge in [-0.1, -0.05) is 81.9 Å². The molecule has 1 heterocycles. The number of ether oxygens (including phenoxy) is 7. The molecule has 342 valence electrons. The van der Waals surface area contributed by atoms with Crippen molar-refractivity contribution >= 4 is 70.4 Å². The van der Waals surface area contributed by atoms with Crippen LogP contribution in [-0.2, 0) is 61.9 Å². The topological polar surface area (TPSA) is 167 Å². The molecule has 0 spiro atoms. The molecule has 6 rings (SSSR count). The van der Waals surface area contributed by atoms with Gasteiger partial charge in [-0.05, 0) is 110 Å². The van der Waals surface area contributed by atoms with Crippen LogP contribution in [0.2, 0.25) is 0 Å². The minimum absolute atomic E-state index is 0.0170. The molecule has 0 bridgehead atoms. The molecule has 0 aromatic rings. The molecule has 16 heteroatoms. The highest BCUT2D eigenvalue weighted by molar-refractivity contribution is 6.75. The number of hydrogen-bond donors (Lipinski definition) is 0. The lowest BCUT2D eigenvalue weighted by molar-refractivity contribution is -0.332. The minimum Gasteiger partial charge on any atom is -0.469 e. The number of fused-ring (bicyclic) bond motifs is 7. The molecule has 61 heavy (non-hydrogen) atoms. The van der Waals surface area contributed by atoms with Crippen molar-refractivity contribution in [3.8, 4) is 0 Å². The SMILES string of the molecule is COC(=O)[C@@]1(C)CC[C@]2(C)CC[C@]3(C)C(=CC(=O)C4[C@@]5(C)CCC(O[C@H]6O[C@H](COC(C)=O)[C@H](OC(C)=O)[C@H](OC(C)=O)[C@H]6OC(=O)C(Cl)(Cl)Cl)C(C)(C)C5CC[C@]43C)C2C1. The first-order chi connectivity index (χ1) is 28.1. The van der Waals surface area contributed by atoms with Gasteiger partial charge in [-0.15, -0.1) is 0 Å². The lowest BCUT2D eigenvalue weighted by Gasteiger charge is -2.70. The van der Waals surface area contributed by atoms with Crippen LogP contribution in [0.4, 0.5) is 0 Å². The quantitative estimate of drug-likeness (QED) is 0.0997. The van der Waals surface area contributed by atoms with E-state index < -0.39 is 87.3 Å². The summed E-state index contributed by atoms with van der Waals surface area (Å²) in [4.78, 5) is 78.2. The Morgan fingerprint density at radius 3 is 2.00 bits per heavy atom. The summed E-state index contributed by atoms with van der Waals surface area (Å²) in [5.41, 5.74) is -1.13. The van der Waals surface area contributed by atoms with E-state index in [0.717, 1.165) is 52.4 Å². The number of alkyl halides is 3. The molecule has 6 aliphatic rings. The van der Waals surface area contributed by atoms with Gasteiger partial charge in [-0.25, -0.2) is 4.79 Å². The molecule has 13 nitrogen and oxygen atoms in total. The second kappa shape index (κ2) is 16.5. The van der Waals surface area contributed by atoms with Gasteiger partial charge in [0.2, 0.25) is 0 Å². The van der Waals surface area contributed by atoms with E-state index in [1.165, 1.54) is 19.6 Å². The van der Waals surface area contributed by atoms with E-state index in [9.17, 15) is 24.0 Å². The molecule has 5 fully saturated rings. The summed E-state index contributed by atoms with van der Waals surface area (Å²) in [7, 11) is 1.45. The third kappa shape index (κ3) is 8.27. The number of methoxy groups -OCH3 is 1. The van der Waals surface area contributed by atoms with E-state index in [0.29, 0.717) is 19.3 Å². The number of carbonyl (C=O) groups excluding carboxylic acids is 6. The molecule has 0 radical (unpaired) electrons. The van der Waals surface area contributed by atoms with Gasteiger partial charge in [0.25, 0.3) is 3.79 Å². The summed E-state index contributed by atoms with van der Waals surface area (Å²) in [5.74, 6) is -3.85. The Bertz CT molecular complexity index is 1840. The molecule has 0 amide bonds. The van der Waals surface area contributed by atoms with Crippen LogP contribution >= 0.6 is 34.8 Å². The van der Waals surface area contributed by atoms with Crippen LogP contribution in [0.25, 0.3) is 0 Å². The van der Waals surface area contributed by atoms with Gasteiger partial charge in [0.1, 0.15) is 12.7 Å². The van der Waals surface area contributed by atoms with Crippen molar-refractivity contribution in [1.82, 2.24) is 0 Å². The Labute approximate surface area is 374 Å². The highest BCUT2D eigenvalue weighted by Gasteiger charge is 2.71. The minimum atomic E-state index is -2.55. The summed E-state index contributed by atoms with van der Waals surface area (Å²) < 4.78 is 38.1. The summed E-state index contributed by atoms with van der Waals surface area (Å²) >= 11 is 17.8. The molecular weight excluding hydrogens is 855 g/mol. The lowest BCUT2D eigenvalue weighted by atomic mass is 9.33. The Balaban J connectivity index is 1.34. The molecule has 0 aromatic heterocycles. The number of rotatable bonds is 8. The molecule has 1 aliphatic heterocycles. The van der Waals surface area contributed by atoms with Crippen molar-refractivity contribution in [3.63, 3.8) is 0 Å². The zero-order valence-corrected chi connectivity index (χ0v) is 39.6. The second-order valence-electron chi connectivity index (χ2n) is 20.6. The zero-order valence-electron chi connectivity index (χ0n) is 37.3. The van der Waals surface area contributed by atoms with Gasteiger partial charge < -0.3 is 33.2 Å². The van der Waals surface area contributed by atoms with Gasteiger partial charge >= 0.3 is 29.8 Å². The third-order valence-electron chi connectivity index (χ3n) is 16.6. The normalized spacial score (nSPS) is 42.8. The molecule has 1 saturated heterocycles. The molecule has 14 atom stereocenters. The van der Waals surface area contributed by atoms with Crippen molar-refractivity contribution in [1.29, 1.82) is 0 Å². The molecular formula is C45H63Cl3O13. The summed E-state index contributed by atoms with van der Waals surface area (Å²) in [6.07, 6.45) is 1.06. The fourth-order valence-electron chi connectivity index (χ4n) is 13.3. The van der Waals surface area contributed by atoms with Crippen LogP contribution in [0.3, 0.4) is 0 Å². The predicted octanol–water partition coefficient (Wildman–Crippen LogP) is 7.96. The Morgan fingerprint density at radius 1 is 0.787 bits per heavy atom. The van der Waals surface area contributed by atoms with Crippen LogP contribution in [0, 0.1) is 50.2 Å². The standard InChI is InChI=1S/C45H63Cl3O13/c1-23(49)56-22-29-32(57-24(2)50)33(58-25(3)51)34(61-38(54)45(46,47)48)36(59-29)60-31-13-14-42(8)30(39(31,4)5)12-15-44(10)35(42)28(52)20-26-27-21-41(7,37(53)55-11)17-16-40(27,6)18-19-43(26,44)9/h20,27,29-36H,12-19,21-22H2,1-11H3/t27?,29-,30?,31?,32+,33+,34-,35?,36-,40-,41+,42+,43-,44-/m1/s1. The molecule has 0 N–H and O–H groups in total. The first-order valence-corrected chi connectivity index (χ1v) is 22.6. The van der Waals surface area contributed by atoms with Crippen LogP contribution in [0.15, 0.2) is 11.6 Å². The molecule has 5 aliphatic carbocycles. The van der Waals surface area contributed by atoms with Crippen molar-refractivity contribution < 1.29 is 61.9 Å². The first-order valence-electron chi connectivity index (χ1n) is 21.5. The van der Waals surface area contributed by atoms with Crippen molar-refractivity contribution in [2.75, 3.05) is 13.7 Å². The number of halogens is 3. The van der Waals surface area contributed by atoms with Gasteiger partial charge in [0.05, 0.1) is 18.6 Å². The van der Waals surface area contributed by atoms with Gasteiger partial charge in [0.15, 0.2) is 30.4 Å². The average molecular weight is 918 g/mol. The maximum absolute atomic E-state index is 15.0. The van der Waals surface area contributed by atoms with Crippen LogP contribution in [0.1, 0.15) is 127 Å². The van der Waals surface area contributed by atoms with Crippen molar-refractivity contribution in [2.45, 2.75) is 168 Å². The Hall–Kier alpha value is -2.45. The number of hydrogen-bond acceptors (Lipinski definition) is 13. The zero-order chi connectivity index (χ0) is 45.5. The van der Waals surface area contributed by atoms with E-state index in [4.69, 9.17) is 68.0 Å². The largest absolute Gasteiger partial charge is 0.469 e. The van der Waals surface area contributed by atoms with E-state index >= 15 is 4.79 Å². The maximum atomic E-state index is 15.0. The van der Waals surface area contributed by atoms with Crippen molar-refractivity contribution in [2.24, 2.45) is 50.2 Å². The third-order valence-corrected chi connectivity index (χ3v) is 17.1. The molecule has 0 aromatic carbocycles. The van der Waals surface area contributed by atoms with E-state index in [1.807, 2.05) is 13.0 Å². The Morgan fingerprint density at radius 2 is 1.41 bits per heavy atom. The highest BCUT2D eigenvalue weighted by Crippen LogP contribution is 2.75. The highest BCUT2D eigenvalue weighted by atomic mass is 35.6.